The van der Waals surface area contributed by atoms with E-state index in [0.29, 0.717) is 23.9 Å². The van der Waals surface area contributed by atoms with Crippen LogP contribution in [0.3, 0.4) is 0 Å². The Morgan fingerprint density at radius 2 is 1.83 bits per heavy atom. The summed E-state index contributed by atoms with van der Waals surface area (Å²) in [5.41, 5.74) is 0.0334. The Bertz CT molecular complexity index is 1240. The SMILES string of the molecule is CCOc1cccc(-c2noc(Cn3ccn(-c4ccccc4)c(=O)c3=O)n2)c1. The van der Waals surface area contributed by atoms with Crippen molar-refractivity contribution < 1.29 is 9.26 Å². The zero-order valence-corrected chi connectivity index (χ0v) is 15.7. The Kier molecular flexibility index (Phi) is 5.07. The molecule has 0 radical (unpaired) electrons. The van der Waals surface area contributed by atoms with E-state index in [9.17, 15) is 9.59 Å². The van der Waals surface area contributed by atoms with Crippen molar-refractivity contribution in [2.45, 2.75) is 13.5 Å². The van der Waals surface area contributed by atoms with Crippen LogP contribution in [0.15, 0.2) is 81.1 Å². The van der Waals surface area contributed by atoms with Gasteiger partial charge in [0.2, 0.25) is 11.7 Å². The van der Waals surface area contributed by atoms with Gasteiger partial charge >= 0.3 is 11.1 Å². The first-order chi connectivity index (χ1) is 14.2. The van der Waals surface area contributed by atoms with Gasteiger partial charge in [-0.2, -0.15) is 4.98 Å². The monoisotopic (exact) mass is 390 g/mol. The fraction of sp³-hybridized carbons (Fsp3) is 0.143. The van der Waals surface area contributed by atoms with Crippen molar-refractivity contribution in [2.24, 2.45) is 0 Å². The van der Waals surface area contributed by atoms with Crippen LogP contribution < -0.4 is 15.9 Å². The molecular formula is C21H18N4O4. The molecule has 0 aliphatic rings. The molecule has 0 bridgehead atoms. The van der Waals surface area contributed by atoms with Crippen molar-refractivity contribution in [1.29, 1.82) is 0 Å². The maximum absolute atomic E-state index is 12.5. The summed E-state index contributed by atoms with van der Waals surface area (Å²) in [5.74, 6) is 1.31. The lowest BCUT2D eigenvalue weighted by atomic mass is 10.2. The second-order valence-corrected chi connectivity index (χ2v) is 6.21. The average molecular weight is 390 g/mol. The molecule has 2 aromatic heterocycles. The summed E-state index contributed by atoms with van der Waals surface area (Å²) < 4.78 is 13.3. The molecule has 4 aromatic rings. The lowest BCUT2D eigenvalue weighted by Crippen LogP contribution is -2.40. The van der Waals surface area contributed by atoms with Crippen molar-refractivity contribution in [3.05, 3.63) is 93.6 Å². The maximum Gasteiger partial charge on any atom is 0.320 e. The first kappa shape index (κ1) is 18.4. The predicted octanol–water partition coefficient (Wildman–Crippen LogP) is 2.50. The number of para-hydroxylation sites is 1. The Balaban J connectivity index is 1.60. The number of ether oxygens (including phenoxy) is 1. The van der Waals surface area contributed by atoms with Crippen molar-refractivity contribution >= 4 is 0 Å². The Hall–Kier alpha value is -3.94. The van der Waals surface area contributed by atoms with Crippen molar-refractivity contribution in [3.8, 4) is 22.8 Å². The number of aromatic nitrogens is 4. The van der Waals surface area contributed by atoms with Crippen LogP contribution in [0.25, 0.3) is 17.1 Å². The second kappa shape index (κ2) is 7.97. The molecule has 0 saturated carbocycles. The first-order valence-corrected chi connectivity index (χ1v) is 9.09. The zero-order chi connectivity index (χ0) is 20.2. The van der Waals surface area contributed by atoms with Crippen LogP contribution in [-0.2, 0) is 6.54 Å². The largest absolute Gasteiger partial charge is 0.494 e. The predicted molar refractivity (Wildman–Crippen MR) is 106 cm³/mol. The van der Waals surface area contributed by atoms with E-state index in [4.69, 9.17) is 9.26 Å². The van der Waals surface area contributed by atoms with Gasteiger partial charge in [-0.3, -0.25) is 18.7 Å². The average Bonchev–Trinajstić information content (AvgIpc) is 3.21. The first-order valence-electron chi connectivity index (χ1n) is 9.09. The van der Waals surface area contributed by atoms with Gasteiger partial charge in [0, 0.05) is 23.6 Å². The summed E-state index contributed by atoms with van der Waals surface area (Å²) in [7, 11) is 0. The second-order valence-electron chi connectivity index (χ2n) is 6.21. The van der Waals surface area contributed by atoms with Crippen LogP contribution in [-0.4, -0.2) is 25.9 Å². The van der Waals surface area contributed by atoms with Crippen molar-refractivity contribution in [3.63, 3.8) is 0 Å². The van der Waals surface area contributed by atoms with Gasteiger partial charge in [0.05, 0.1) is 6.61 Å². The zero-order valence-electron chi connectivity index (χ0n) is 15.7. The van der Waals surface area contributed by atoms with E-state index in [-0.39, 0.29) is 12.4 Å². The van der Waals surface area contributed by atoms with E-state index in [1.165, 1.54) is 15.3 Å². The van der Waals surface area contributed by atoms with Crippen molar-refractivity contribution in [2.75, 3.05) is 6.61 Å². The molecule has 4 rings (SSSR count). The van der Waals surface area contributed by atoms with Gasteiger partial charge < -0.3 is 9.26 Å². The minimum absolute atomic E-state index is 0.00184. The molecule has 146 valence electrons. The summed E-state index contributed by atoms with van der Waals surface area (Å²) in [6.45, 7) is 2.46. The molecule has 0 saturated heterocycles. The minimum Gasteiger partial charge on any atom is -0.494 e. The summed E-state index contributed by atoms with van der Waals surface area (Å²) in [4.78, 5) is 29.3. The molecule has 2 aromatic carbocycles. The van der Waals surface area contributed by atoms with Crippen LogP contribution in [0, 0.1) is 0 Å². The van der Waals surface area contributed by atoms with Gasteiger partial charge in [0.25, 0.3) is 0 Å². The maximum atomic E-state index is 12.5. The van der Waals surface area contributed by atoms with Gasteiger partial charge in [-0.1, -0.05) is 35.5 Å². The van der Waals surface area contributed by atoms with E-state index < -0.39 is 11.1 Å². The fourth-order valence-corrected chi connectivity index (χ4v) is 2.90. The molecule has 0 atom stereocenters. The van der Waals surface area contributed by atoms with Crippen LogP contribution in [0.5, 0.6) is 5.75 Å². The third-order valence-corrected chi connectivity index (χ3v) is 4.27. The van der Waals surface area contributed by atoms with E-state index in [1.807, 2.05) is 37.3 Å². The highest BCUT2D eigenvalue weighted by molar-refractivity contribution is 5.56. The van der Waals surface area contributed by atoms with Gasteiger partial charge in [-0.25, -0.2) is 0 Å². The molecule has 0 unspecified atom stereocenters. The molecule has 0 N–H and O–H groups in total. The summed E-state index contributed by atoms with van der Waals surface area (Å²) in [6, 6.07) is 16.3. The van der Waals surface area contributed by atoms with E-state index in [0.717, 1.165) is 5.56 Å². The van der Waals surface area contributed by atoms with E-state index >= 15 is 0 Å². The molecule has 0 fully saturated rings. The Morgan fingerprint density at radius 1 is 1.00 bits per heavy atom. The van der Waals surface area contributed by atoms with Crippen LogP contribution in [0.1, 0.15) is 12.8 Å². The summed E-state index contributed by atoms with van der Waals surface area (Å²) >= 11 is 0. The van der Waals surface area contributed by atoms with Crippen LogP contribution >= 0.6 is 0 Å². The third kappa shape index (κ3) is 3.86. The Morgan fingerprint density at radius 3 is 2.62 bits per heavy atom. The fourth-order valence-electron chi connectivity index (χ4n) is 2.90. The molecule has 8 heteroatoms. The molecule has 0 spiro atoms. The Labute approximate surface area is 165 Å². The number of rotatable bonds is 6. The quantitative estimate of drug-likeness (QED) is 0.470. The molecule has 0 aliphatic heterocycles. The number of hydrogen-bond acceptors (Lipinski definition) is 6. The van der Waals surface area contributed by atoms with E-state index in [2.05, 4.69) is 10.1 Å². The lowest BCUT2D eigenvalue weighted by molar-refractivity contribution is 0.340. The highest BCUT2D eigenvalue weighted by Crippen LogP contribution is 2.21. The molecule has 8 nitrogen and oxygen atoms in total. The van der Waals surface area contributed by atoms with Gasteiger partial charge in [-0.15, -0.1) is 0 Å². The molecule has 0 amide bonds. The highest BCUT2D eigenvalue weighted by Gasteiger charge is 2.13. The van der Waals surface area contributed by atoms with Crippen molar-refractivity contribution in [1.82, 2.24) is 19.3 Å². The molecule has 0 aliphatic carbocycles. The topological polar surface area (TPSA) is 92.2 Å². The van der Waals surface area contributed by atoms with E-state index in [1.54, 1.807) is 30.5 Å². The number of benzene rings is 2. The van der Waals surface area contributed by atoms with Gasteiger partial charge in [0.1, 0.15) is 12.3 Å². The smallest absolute Gasteiger partial charge is 0.320 e. The van der Waals surface area contributed by atoms with Crippen LogP contribution in [0.2, 0.25) is 0 Å². The summed E-state index contributed by atoms with van der Waals surface area (Å²) in [6.07, 6.45) is 3.07. The third-order valence-electron chi connectivity index (χ3n) is 4.27. The minimum atomic E-state index is -0.672. The number of hydrogen-bond donors (Lipinski definition) is 0. The molecular weight excluding hydrogens is 372 g/mol. The number of nitrogens with zero attached hydrogens (tertiary/aromatic N) is 4. The van der Waals surface area contributed by atoms with Crippen LogP contribution in [0.4, 0.5) is 0 Å². The van der Waals surface area contributed by atoms with Gasteiger partial charge in [0.15, 0.2) is 0 Å². The standard InChI is InChI=1S/C21H18N4O4/c1-2-28-17-10-6-7-15(13-17)19-22-18(29-23-19)14-24-11-12-25(21(27)20(24)26)16-8-4-3-5-9-16/h3-13H,2,14H2,1H3. The molecule has 2 heterocycles. The van der Waals surface area contributed by atoms with Gasteiger partial charge in [-0.05, 0) is 31.2 Å². The highest BCUT2D eigenvalue weighted by atomic mass is 16.5. The normalized spacial score (nSPS) is 10.8. The molecule has 29 heavy (non-hydrogen) atoms. The summed E-state index contributed by atoms with van der Waals surface area (Å²) in [5, 5.41) is 3.96. The lowest BCUT2D eigenvalue weighted by Gasteiger charge is -2.07.